The van der Waals surface area contributed by atoms with Crippen molar-refractivity contribution < 1.29 is 23.9 Å². The number of fused-ring (bicyclic) bond motifs is 1. The first-order valence-corrected chi connectivity index (χ1v) is 6.15. The van der Waals surface area contributed by atoms with Crippen molar-refractivity contribution in [2.45, 2.75) is 38.7 Å². The molecule has 0 bridgehead atoms. The fraction of sp³-hybridized carbons (Fsp3) is 0.750. The van der Waals surface area contributed by atoms with Gasteiger partial charge in [-0.2, -0.15) is 0 Å². The van der Waals surface area contributed by atoms with Crippen LogP contribution in [-0.2, 0) is 23.9 Å². The Bertz CT molecular complexity index is 392. The van der Waals surface area contributed by atoms with Crippen LogP contribution in [0.3, 0.4) is 0 Å². The first-order valence-electron chi connectivity index (χ1n) is 6.15. The summed E-state index contributed by atoms with van der Waals surface area (Å²) >= 11 is 0. The highest BCUT2D eigenvalue weighted by molar-refractivity contribution is 5.95. The zero-order valence-corrected chi connectivity index (χ0v) is 10.6. The Morgan fingerprint density at radius 1 is 1.50 bits per heavy atom. The lowest BCUT2D eigenvalue weighted by Gasteiger charge is -2.23. The Labute approximate surface area is 105 Å². The second kappa shape index (κ2) is 4.96. The number of hydrogen-bond acceptors (Lipinski definition) is 6. The summed E-state index contributed by atoms with van der Waals surface area (Å²) in [4.78, 5) is 28.5. The molecule has 2 rings (SSSR count). The molecule has 0 aromatic heterocycles. The standard InChI is InChI=1S/C12H17NO5/c1-3-16-10(14)7-17-11(15)12-6-4-5-9(12)8(2)13-18-12/h9H,3-7H2,1-2H3. The first-order chi connectivity index (χ1) is 8.60. The minimum atomic E-state index is -1.00. The predicted molar refractivity (Wildman–Crippen MR) is 61.9 cm³/mol. The molecule has 2 atom stereocenters. The van der Waals surface area contributed by atoms with E-state index < -0.39 is 17.5 Å². The average molecular weight is 255 g/mol. The van der Waals surface area contributed by atoms with Crippen LogP contribution in [0, 0.1) is 5.92 Å². The van der Waals surface area contributed by atoms with Crippen molar-refractivity contribution in [3.05, 3.63) is 0 Å². The van der Waals surface area contributed by atoms with E-state index >= 15 is 0 Å². The summed E-state index contributed by atoms with van der Waals surface area (Å²) in [7, 11) is 0. The molecule has 0 radical (unpaired) electrons. The summed E-state index contributed by atoms with van der Waals surface area (Å²) in [5, 5.41) is 3.88. The van der Waals surface area contributed by atoms with Gasteiger partial charge in [0.1, 0.15) is 0 Å². The van der Waals surface area contributed by atoms with E-state index in [2.05, 4.69) is 5.16 Å². The lowest BCUT2D eigenvalue weighted by molar-refractivity contribution is -0.177. The van der Waals surface area contributed by atoms with Gasteiger partial charge in [-0.3, -0.25) is 0 Å². The van der Waals surface area contributed by atoms with E-state index in [-0.39, 0.29) is 19.1 Å². The molecule has 1 fully saturated rings. The molecule has 6 heteroatoms. The fourth-order valence-corrected chi connectivity index (χ4v) is 2.58. The Hall–Kier alpha value is -1.59. The molecule has 0 N–H and O–H groups in total. The third-order valence-corrected chi connectivity index (χ3v) is 3.43. The van der Waals surface area contributed by atoms with Gasteiger partial charge in [0.05, 0.1) is 18.2 Å². The molecule has 0 saturated heterocycles. The van der Waals surface area contributed by atoms with Gasteiger partial charge in [-0.15, -0.1) is 0 Å². The molecule has 2 aliphatic rings. The highest BCUT2D eigenvalue weighted by Crippen LogP contribution is 2.44. The van der Waals surface area contributed by atoms with Crippen molar-refractivity contribution >= 4 is 17.7 Å². The van der Waals surface area contributed by atoms with Crippen molar-refractivity contribution in [1.82, 2.24) is 0 Å². The largest absolute Gasteiger partial charge is 0.463 e. The second-order valence-electron chi connectivity index (χ2n) is 4.54. The molecule has 2 unspecified atom stereocenters. The van der Waals surface area contributed by atoms with Crippen molar-refractivity contribution in [3.63, 3.8) is 0 Å². The van der Waals surface area contributed by atoms with E-state index in [0.717, 1.165) is 18.6 Å². The van der Waals surface area contributed by atoms with Crippen LogP contribution < -0.4 is 0 Å². The number of ether oxygens (including phenoxy) is 2. The Kier molecular flexibility index (Phi) is 3.54. The predicted octanol–water partition coefficient (Wildman–Crippen LogP) is 1.04. The molecule has 100 valence electrons. The normalized spacial score (nSPS) is 29.2. The lowest BCUT2D eigenvalue weighted by atomic mass is 9.88. The molecule has 0 amide bonds. The van der Waals surface area contributed by atoms with Gasteiger partial charge in [0.15, 0.2) is 6.61 Å². The van der Waals surface area contributed by atoms with Gasteiger partial charge in [-0.05, 0) is 26.7 Å². The summed E-state index contributed by atoms with van der Waals surface area (Å²) in [5.74, 6) is -1.08. The number of esters is 2. The van der Waals surface area contributed by atoms with Crippen molar-refractivity contribution in [1.29, 1.82) is 0 Å². The summed E-state index contributed by atoms with van der Waals surface area (Å²) in [6.07, 6.45) is 2.34. The van der Waals surface area contributed by atoms with Crippen molar-refractivity contribution in [2.24, 2.45) is 11.1 Å². The van der Waals surface area contributed by atoms with E-state index in [1.54, 1.807) is 6.92 Å². The van der Waals surface area contributed by atoms with Crippen LogP contribution in [-0.4, -0.2) is 36.5 Å². The molecular formula is C12H17NO5. The van der Waals surface area contributed by atoms with E-state index in [1.165, 1.54) is 0 Å². The maximum Gasteiger partial charge on any atom is 0.354 e. The number of rotatable bonds is 4. The van der Waals surface area contributed by atoms with Gasteiger partial charge in [0, 0.05) is 6.42 Å². The summed E-state index contributed by atoms with van der Waals surface area (Å²) in [5.41, 5.74) is -0.183. The first kappa shape index (κ1) is 12.9. The maximum atomic E-state index is 12.1. The zero-order valence-electron chi connectivity index (χ0n) is 10.6. The smallest absolute Gasteiger partial charge is 0.354 e. The number of nitrogens with zero attached hydrogens (tertiary/aromatic N) is 1. The minimum absolute atomic E-state index is 0.0211. The molecule has 0 spiro atoms. The van der Waals surface area contributed by atoms with E-state index in [9.17, 15) is 9.59 Å². The number of oxime groups is 1. The van der Waals surface area contributed by atoms with Gasteiger partial charge in [0.25, 0.3) is 0 Å². The fourth-order valence-electron chi connectivity index (χ4n) is 2.58. The SMILES string of the molecule is CCOC(=O)COC(=O)C12CCCC1C(C)=NO2. The van der Waals surface area contributed by atoms with Crippen LogP contribution in [0.2, 0.25) is 0 Å². The maximum absolute atomic E-state index is 12.1. The average Bonchev–Trinajstić information content (AvgIpc) is 2.89. The third kappa shape index (κ3) is 2.07. The van der Waals surface area contributed by atoms with Crippen LogP contribution in [0.15, 0.2) is 5.16 Å². The van der Waals surface area contributed by atoms with Gasteiger partial charge in [-0.25, -0.2) is 9.59 Å². The topological polar surface area (TPSA) is 74.2 Å². The van der Waals surface area contributed by atoms with Gasteiger partial charge < -0.3 is 14.3 Å². The van der Waals surface area contributed by atoms with Crippen LogP contribution >= 0.6 is 0 Å². The molecule has 18 heavy (non-hydrogen) atoms. The highest BCUT2D eigenvalue weighted by Gasteiger charge is 2.57. The summed E-state index contributed by atoms with van der Waals surface area (Å²) in [6.45, 7) is 3.44. The van der Waals surface area contributed by atoms with Crippen molar-refractivity contribution in [2.75, 3.05) is 13.2 Å². The Morgan fingerprint density at radius 2 is 2.28 bits per heavy atom. The van der Waals surface area contributed by atoms with Gasteiger partial charge >= 0.3 is 11.9 Å². The summed E-state index contributed by atoms with van der Waals surface area (Å²) < 4.78 is 9.68. The molecule has 6 nitrogen and oxygen atoms in total. The van der Waals surface area contributed by atoms with Crippen LogP contribution in [0.25, 0.3) is 0 Å². The van der Waals surface area contributed by atoms with Crippen molar-refractivity contribution in [3.8, 4) is 0 Å². The molecule has 0 aromatic carbocycles. The highest BCUT2D eigenvalue weighted by atomic mass is 16.7. The molecule has 1 heterocycles. The van der Waals surface area contributed by atoms with Crippen LogP contribution in [0.4, 0.5) is 0 Å². The van der Waals surface area contributed by atoms with Crippen LogP contribution in [0.5, 0.6) is 0 Å². The molecule has 1 aliphatic carbocycles. The quantitative estimate of drug-likeness (QED) is 0.702. The van der Waals surface area contributed by atoms with E-state index in [0.29, 0.717) is 6.42 Å². The molecular weight excluding hydrogens is 238 g/mol. The Morgan fingerprint density at radius 3 is 3.00 bits per heavy atom. The Balaban J connectivity index is 1.95. The minimum Gasteiger partial charge on any atom is -0.463 e. The van der Waals surface area contributed by atoms with Gasteiger partial charge in [0.2, 0.25) is 5.60 Å². The number of carbonyl (C=O) groups is 2. The molecule has 0 aromatic rings. The third-order valence-electron chi connectivity index (χ3n) is 3.43. The lowest BCUT2D eigenvalue weighted by Crippen LogP contribution is -2.44. The zero-order chi connectivity index (χ0) is 13.2. The molecule has 1 saturated carbocycles. The van der Waals surface area contributed by atoms with Crippen LogP contribution in [0.1, 0.15) is 33.1 Å². The van der Waals surface area contributed by atoms with E-state index in [4.69, 9.17) is 14.3 Å². The number of carbonyl (C=O) groups excluding carboxylic acids is 2. The van der Waals surface area contributed by atoms with Gasteiger partial charge in [-0.1, -0.05) is 5.16 Å². The summed E-state index contributed by atoms with van der Waals surface area (Å²) in [6, 6.07) is 0. The molecule has 1 aliphatic heterocycles. The van der Waals surface area contributed by atoms with E-state index in [1.807, 2.05) is 6.92 Å². The second-order valence-corrected chi connectivity index (χ2v) is 4.54. The number of hydrogen-bond donors (Lipinski definition) is 0. The monoisotopic (exact) mass is 255 g/mol.